The number of pyridine rings is 3. The fourth-order valence-corrected chi connectivity index (χ4v) is 3.27. The van der Waals surface area contributed by atoms with E-state index in [4.69, 9.17) is 18.9 Å². The van der Waals surface area contributed by atoms with Gasteiger partial charge in [-0.3, -0.25) is 9.97 Å². The maximum Gasteiger partial charge on any atom is 0.257 e. The second-order valence-corrected chi connectivity index (χ2v) is 6.86. The molecule has 0 unspecified atom stereocenters. The molecule has 0 atom stereocenters. The molecule has 1 aromatic carbocycles. The molecule has 4 aromatic rings. The molecule has 31 heavy (non-hydrogen) atoms. The second kappa shape index (κ2) is 9.30. The first-order valence-corrected chi connectivity index (χ1v) is 9.76. The average molecular weight is 417 g/mol. The molecule has 3 aromatic heterocycles. The van der Waals surface area contributed by atoms with Gasteiger partial charge in [0, 0.05) is 23.8 Å². The van der Waals surface area contributed by atoms with Crippen LogP contribution < -0.4 is 18.9 Å². The molecule has 0 saturated carbocycles. The zero-order valence-corrected chi connectivity index (χ0v) is 17.7. The SMILES string of the molecule is COc1ccc(COc2ncc(Cc3ccnc4cc(OC)ccc34)cc2OC)nc1. The van der Waals surface area contributed by atoms with Crippen molar-refractivity contribution in [2.45, 2.75) is 13.0 Å². The van der Waals surface area contributed by atoms with Crippen molar-refractivity contribution in [2.24, 2.45) is 0 Å². The molecule has 0 aliphatic rings. The summed E-state index contributed by atoms with van der Waals surface area (Å²) in [5.74, 6) is 2.48. The van der Waals surface area contributed by atoms with Crippen molar-refractivity contribution in [2.75, 3.05) is 21.3 Å². The molecule has 0 aliphatic heterocycles. The summed E-state index contributed by atoms with van der Waals surface area (Å²) in [5.41, 5.74) is 3.82. The third kappa shape index (κ3) is 4.66. The molecular weight excluding hydrogens is 394 g/mol. The van der Waals surface area contributed by atoms with Gasteiger partial charge in [0.05, 0.1) is 38.7 Å². The smallest absolute Gasteiger partial charge is 0.257 e. The molecule has 0 aliphatic carbocycles. The van der Waals surface area contributed by atoms with Crippen LogP contribution in [-0.2, 0) is 13.0 Å². The summed E-state index contributed by atoms with van der Waals surface area (Å²) in [7, 11) is 4.86. The Labute approximate surface area is 180 Å². The monoisotopic (exact) mass is 417 g/mol. The molecule has 3 heterocycles. The fraction of sp³-hybridized carbons (Fsp3) is 0.208. The first-order chi connectivity index (χ1) is 15.2. The van der Waals surface area contributed by atoms with Gasteiger partial charge in [0.1, 0.15) is 18.1 Å². The summed E-state index contributed by atoms with van der Waals surface area (Å²) in [5, 5.41) is 1.08. The molecule has 0 amide bonds. The lowest BCUT2D eigenvalue weighted by molar-refractivity contribution is 0.268. The highest BCUT2D eigenvalue weighted by Crippen LogP contribution is 2.29. The quantitative estimate of drug-likeness (QED) is 0.425. The number of hydrogen-bond donors (Lipinski definition) is 0. The third-order valence-corrected chi connectivity index (χ3v) is 4.92. The third-order valence-electron chi connectivity index (χ3n) is 4.92. The number of ether oxygens (including phenoxy) is 4. The Hall–Kier alpha value is -3.87. The van der Waals surface area contributed by atoms with E-state index in [9.17, 15) is 0 Å². The number of hydrogen-bond acceptors (Lipinski definition) is 7. The summed E-state index contributed by atoms with van der Waals surface area (Å²) >= 11 is 0. The van der Waals surface area contributed by atoms with Crippen molar-refractivity contribution >= 4 is 10.9 Å². The summed E-state index contributed by atoms with van der Waals surface area (Å²) in [6, 6.07) is 13.6. The van der Waals surface area contributed by atoms with Crippen LogP contribution in [0.15, 0.2) is 61.1 Å². The molecule has 0 saturated heterocycles. The number of fused-ring (bicyclic) bond motifs is 1. The van der Waals surface area contributed by atoms with E-state index in [-0.39, 0.29) is 6.61 Å². The van der Waals surface area contributed by atoms with Gasteiger partial charge in [-0.05, 0) is 53.9 Å². The fourth-order valence-electron chi connectivity index (χ4n) is 3.27. The first-order valence-electron chi connectivity index (χ1n) is 9.76. The number of benzene rings is 1. The van der Waals surface area contributed by atoms with Crippen molar-refractivity contribution in [1.82, 2.24) is 15.0 Å². The summed E-state index contributed by atoms with van der Waals surface area (Å²) in [6.45, 7) is 0.281. The molecule has 158 valence electrons. The largest absolute Gasteiger partial charge is 0.497 e. The molecule has 0 fully saturated rings. The topological polar surface area (TPSA) is 75.6 Å². The van der Waals surface area contributed by atoms with Crippen LogP contribution in [0.2, 0.25) is 0 Å². The van der Waals surface area contributed by atoms with E-state index in [1.165, 1.54) is 0 Å². The van der Waals surface area contributed by atoms with Gasteiger partial charge < -0.3 is 18.9 Å². The first kappa shape index (κ1) is 20.4. The number of rotatable bonds is 8. The van der Waals surface area contributed by atoms with Crippen LogP contribution in [-0.4, -0.2) is 36.3 Å². The summed E-state index contributed by atoms with van der Waals surface area (Å²) < 4.78 is 21.8. The molecule has 0 N–H and O–H groups in total. The van der Waals surface area contributed by atoms with Crippen LogP contribution in [0.5, 0.6) is 23.1 Å². The van der Waals surface area contributed by atoms with Crippen LogP contribution in [0.1, 0.15) is 16.8 Å². The van der Waals surface area contributed by atoms with E-state index in [0.29, 0.717) is 23.8 Å². The molecular formula is C24H23N3O4. The van der Waals surface area contributed by atoms with Gasteiger partial charge in [-0.15, -0.1) is 0 Å². The van der Waals surface area contributed by atoms with Crippen LogP contribution in [0, 0.1) is 0 Å². The van der Waals surface area contributed by atoms with Gasteiger partial charge in [-0.2, -0.15) is 0 Å². The summed E-state index contributed by atoms with van der Waals surface area (Å²) in [4.78, 5) is 13.2. The highest BCUT2D eigenvalue weighted by atomic mass is 16.5. The Bertz CT molecular complexity index is 1180. The average Bonchev–Trinajstić information content (AvgIpc) is 2.83. The molecule has 0 radical (unpaired) electrons. The van der Waals surface area contributed by atoms with Gasteiger partial charge in [-0.25, -0.2) is 4.98 Å². The van der Waals surface area contributed by atoms with E-state index >= 15 is 0 Å². The van der Waals surface area contributed by atoms with E-state index in [2.05, 4.69) is 15.0 Å². The number of nitrogens with zero attached hydrogens (tertiary/aromatic N) is 3. The minimum absolute atomic E-state index is 0.281. The maximum atomic E-state index is 5.83. The number of methoxy groups -OCH3 is 3. The molecule has 4 rings (SSSR count). The lowest BCUT2D eigenvalue weighted by Gasteiger charge is -2.12. The van der Waals surface area contributed by atoms with Crippen molar-refractivity contribution in [1.29, 1.82) is 0 Å². The molecule has 7 heteroatoms. The van der Waals surface area contributed by atoms with Gasteiger partial charge in [0.2, 0.25) is 0 Å². The van der Waals surface area contributed by atoms with Crippen LogP contribution in [0.3, 0.4) is 0 Å². The van der Waals surface area contributed by atoms with Crippen molar-refractivity contribution in [3.05, 3.63) is 77.9 Å². The van der Waals surface area contributed by atoms with E-state index < -0.39 is 0 Å². The number of aromatic nitrogens is 3. The Morgan fingerprint density at radius 3 is 2.35 bits per heavy atom. The lowest BCUT2D eigenvalue weighted by atomic mass is 10.0. The van der Waals surface area contributed by atoms with Crippen molar-refractivity contribution in [3.63, 3.8) is 0 Å². The van der Waals surface area contributed by atoms with Crippen LogP contribution >= 0.6 is 0 Å². The normalized spacial score (nSPS) is 10.7. The van der Waals surface area contributed by atoms with Crippen LogP contribution in [0.25, 0.3) is 10.9 Å². The minimum atomic E-state index is 0.281. The Morgan fingerprint density at radius 2 is 1.61 bits per heavy atom. The predicted molar refractivity (Wildman–Crippen MR) is 117 cm³/mol. The maximum absolute atomic E-state index is 5.83. The van der Waals surface area contributed by atoms with Gasteiger partial charge in [0.15, 0.2) is 5.75 Å². The zero-order valence-electron chi connectivity index (χ0n) is 17.7. The second-order valence-electron chi connectivity index (χ2n) is 6.86. The summed E-state index contributed by atoms with van der Waals surface area (Å²) in [6.07, 6.45) is 5.95. The predicted octanol–water partition coefficient (Wildman–Crippen LogP) is 4.22. The molecule has 0 spiro atoms. The standard InChI is InChI=1S/C24H23N3O4/c1-28-19-6-7-21-17(8-9-25-22(21)12-19)10-16-11-23(30-3)24(27-13-16)31-15-18-4-5-20(29-2)14-26-18/h4-9,11-14H,10,15H2,1-3H3. The highest BCUT2D eigenvalue weighted by Gasteiger charge is 2.11. The van der Waals surface area contributed by atoms with E-state index in [0.717, 1.165) is 33.5 Å². The Balaban J connectivity index is 1.52. The highest BCUT2D eigenvalue weighted by molar-refractivity contribution is 5.83. The van der Waals surface area contributed by atoms with Gasteiger partial charge in [-0.1, -0.05) is 0 Å². The molecule has 7 nitrogen and oxygen atoms in total. The Morgan fingerprint density at radius 1 is 0.774 bits per heavy atom. The molecule has 0 bridgehead atoms. The van der Waals surface area contributed by atoms with Gasteiger partial charge in [0.25, 0.3) is 5.88 Å². The lowest BCUT2D eigenvalue weighted by Crippen LogP contribution is -2.02. The van der Waals surface area contributed by atoms with Crippen molar-refractivity contribution in [3.8, 4) is 23.1 Å². The van der Waals surface area contributed by atoms with E-state index in [1.54, 1.807) is 39.9 Å². The van der Waals surface area contributed by atoms with E-state index in [1.807, 2.05) is 42.5 Å². The van der Waals surface area contributed by atoms with Crippen LogP contribution in [0.4, 0.5) is 0 Å². The minimum Gasteiger partial charge on any atom is -0.497 e. The van der Waals surface area contributed by atoms with Gasteiger partial charge >= 0.3 is 0 Å². The van der Waals surface area contributed by atoms with Crippen molar-refractivity contribution < 1.29 is 18.9 Å². The Kier molecular flexibility index (Phi) is 6.12. The zero-order chi connectivity index (χ0) is 21.6.